The van der Waals surface area contributed by atoms with E-state index in [1.807, 2.05) is 0 Å². The molecule has 4 heteroatoms. The molecule has 0 radical (unpaired) electrons. The van der Waals surface area contributed by atoms with Gasteiger partial charge in [-0.25, -0.2) is 9.18 Å². The first-order valence-electron chi connectivity index (χ1n) is 4.11. The van der Waals surface area contributed by atoms with Gasteiger partial charge in [0.05, 0.1) is 11.1 Å². The highest BCUT2D eigenvalue weighted by Gasteiger charge is 2.15. The molecule has 1 N–H and O–H groups in total. The molecule has 0 saturated heterocycles. The van der Waals surface area contributed by atoms with Crippen LogP contribution in [0.5, 0.6) is 0 Å². The predicted molar refractivity (Wildman–Crippen MR) is 48.1 cm³/mol. The summed E-state index contributed by atoms with van der Waals surface area (Å²) in [6, 6.07) is 2.60. The summed E-state index contributed by atoms with van der Waals surface area (Å²) in [5, 5.41) is 8.65. The van der Waals surface area contributed by atoms with Crippen molar-refractivity contribution in [2.45, 2.75) is 13.3 Å². The molecular weight excluding hydrogens is 187 g/mol. The molecule has 0 fully saturated rings. The second kappa shape index (κ2) is 4.00. The molecule has 1 rings (SSSR count). The Morgan fingerprint density at radius 2 is 2.21 bits per heavy atom. The first-order chi connectivity index (χ1) is 6.60. The Bertz CT molecular complexity index is 385. The van der Waals surface area contributed by atoms with Gasteiger partial charge in [0.2, 0.25) is 0 Å². The molecule has 74 valence electrons. The summed E-state index contributed by atoms with van der Waals surface area (Å²) < 4.78 is 13.2. The first kappa shape index (κ1) is 10.4. The highest BCUT2D eigenvalue weighted by Crippen LogP contribution is 2.15. The number of aromatic carboxylic acids is 1. The van der Waals surface area contributed by atoms with Gasteiger partial charge in [0.1, 0.15) is 5.82 Å². The fourth-order valence-corrected chi connectivity index (χ4v) is 1.15. The quantitative estimate of drug-likeness (QED) is 0.751. The van der Waals surface area contributed by atoms with Gasteiger partial charge in [0.15, 0.2) is 6.29 Å². The fourth-order valence-electron chi connectivity index (χ4n) is 1.15. The summed E-state index contributed by atoms with van der Waals surface area (Å²) in [7, 11) is 0. The van der Waals surface area contributed by atoms with Gasteiger partial charge >= 0.3 is 5.97 Å². The second-order valence-corrected chi connectivity index (χ2v) is 2.82. The highest BCUT2D eigenvalue weighted by molar-refractivity contribution is 5.91. The van der Waals surface area contributed by atoms with Crippen molar-refractivity contribution in [2.24, 2.45) is 0 Å². The van der Waals surface area contributed by atoms with Crippen LogP contribution in [0.15, 0.2) is 12.1 Å². The molecule has 3 nitrogen and oxygen atoms in total. The van der Waals surface area contributed by atoms with Gasteiger partial charge in [-0.2, -0.15) is 0 Å². The molecule has 0 unspecified atom stereocenters. The van der Waals surface area contributed by atoms with Crippen LogP contribution >= 0.6 is 0 Å². The van der Waals surface area contributed by atoms with Crippen LogP contribution in [0, 0.1) is 5.82 Å². The predicted octanol–water partition coefficient (Wildman–Crippen LogP) is 1.90. The lowest BCUT2D eigenvalue weighted by Gasteiger charge is -2.03. The Morgan fingerprint density at radius 1 is 1.57 bits per heavy atom. The number of halogens is 1. The molecule has 0 aliphatic heterocycles. The highest BCUT2D eigenvalue weighted by atomic mass is 19.1. The fraction of sp³-hybridized carbons (Fsp3) is 0.200. The van der Waals surface area contributed by atoms with Crippen LogP contribution in [0.4, 0.5) is 4.39 Å². The van der Waals surface area contributed by atoms with E-state index < -0.39 is 17.3 Å². The smallest absolute Gasteiger partial charge is 0.338 e. The molecule has 0 aliphatic rings. The minimum absolute atomic E-state index is 0.207. The van der Waals surface area contributed by atoms with Crippen molar-refractivity contribution in [2.75, 3.05) is 0 Å². The Hall–Kier alpha value is -1.71. The second-order valence-electron chi connectivity index (χ2n) is 2.82. The van der Waals surface area contributed by atoms with Crippen molar-refractivity contribution in [3.05, 3.63) is 34.6 Å². The maximum Gasteiger partial charge on any atom is 0.338 e. The normalized spacial score (nSPS) is 9.86. The summed E-state index contributed by atoms with van der Waals surface area (Å²) in [6.07, 6.45) is 0.877. The Labute approximate surface area is 80.2 Å². The molecule has 0 bridgehead atoms. The standard InChI is InChI=1S/C10H9FO3/c1-2-6-3-7(5-12)9(11)8(4-6)10(13)14/h3-5H,2H2,1H3,(H,13,14). The van der Waals surface area contributed by atoms with E-state index in [1.165, 1.54) is 12.1 Å². The molecule has 0 aromatic heterocycles. The number of carbonyl (C=O) groups is 2. The molecule has 0 heterocycles. The van der Waals surface area contributed by atoms with Crippen molar-refractivity contribution in [3.63, 3.8) is 0 Å². The summed E-state index contributed by atoms with van der Waals surface area (Å²) in [5.41, 5.74) is -0.0286. The number of carboxylic acids is 1. The van der Waals surface area contributed by atoms with E-state index >= 15 is 0 Å². The third kappa shape index (κ3) is 1.79. The number of aryl methyl sites for hydroxylation is 1. The zero-order valence-corrected chi connectivity index (χ0v) is 7.58. The minimum Gasteiger partial charge on any atom is -0.478 e. The van der Waals surface area contributed by atoms with E-state index in [4.69, 9.17) is 5.11 Å². The van der Waals surface area contributed by atoms with Crippen molar-refractivity contribution >= 4 is 12.3 Å². The molecular formula is C10H9FO3. The van der Waals surface area contributed by atoms with Crippen molar-refractivity contribution < 1.29 is 19.1 Å². The van der Waals surface area contributed by atoms with E-state index in [9.17, 15) is 14.0 Å². The summed E-state index contributed by atoms with van der Waals surface area (Å²) in [5.74, 6) is -2.33. The van der Waals surface area contributed by atoms with Crippen LogP contribution in [-0.4, -0.2) is 17.4 Å². The van der Waals surface area contributed by atoms with Crippen molar-refractivity contribution in [1.82, 2.24) is 0 Å². The molecule has 0 spiro atoms. The van der Waals surface area contributed by atoms with Gasteiger partial charge in [0.25, 0.3) is 0 Å². The zero-order valence-electron chi connectivity index (χ0n) is 7.58. The summed E-state index contributed by atoms with van der Waals surface area (Å²) in [4.78, 5) is 21.0. The largest absolute Gasteiger partial charge is 0.478 e. The van der Waals surface area contributed by atoms with Crippen LogP contribution in [0.2, 0.25) is 0 Å². The average Bonchev–Trinajstić information content (AvgIpc) is 2.17. The van der Waals surface area contributed by atoms with E-state index in [2.05, 4.69) is 0 Å². The van der Waals surface area contributed by atoms with Gasteiger partial charge in [0, 0.05) is 0 Å². The van der Waals surface area contributed by atoms with Crippen LogP contribution < -0.4 is 0 Å². The number of benzene rings is 1. The summed E-state index contributed by atoms with van der Waals surface area (Å²) >= 11 is 0. The van der Waals surface area contributed by atoms with Crippen LogP contribution in [0.1, 0.15) is 33.2 Å². The van der Waals surface area contributed by atoms with Crippen molar-refractivity contribution in [3.8, 4) is 0 Å². The number of carbonyl (C=O) groups excluding carboxylic acids is 1. The topological polar surface area (TPSA) is 54.4 Å². The average molecular weight is 196 g/mol. The molecule has 0 saturated carbocycles. The van der Waals surface area contributed by atoms with E-state index in [-0.39, 0.29) is 5.56 Å². The third-order valence-electron chi connectivity index (χ3n) is 1.93. The number of hydrogen-bond donors (Lipinski definition) is 1. The third-order valence-corrected chi connectivity index (χ3v) is 1.93. The van der Waals surface area contributed by atoms with Gasteiger partial charge in [-0.05, 0) is 24.1 Å². The van der Waals surface area contributed by atoms with Crippen molar-refractivity contribution in [1.29, 1.82) is 0 Å². The van der Waals surface area contributed by atoms with Crippen LogP contribution in [-0.2, 0) is 6.42 Å². The molecule has 0 amide bonds. The van der Waals surface area contributed by atoms with E-state index in [0.29, 0.717) is 18.3 Å². The van der Waals surface area contributed by atoms with Gasteiger partial charge < -0.3 is 5.11 Å². The number of aldehydes is 1. The van der Waals surface area contributed by atoms with Gasteiger partial charge in [-0.15, -0.1) is 0 Å². The van der Waals surface area contributed by atoms with Gasteiger partial charge in [-0.1, -0.05) is 6.92 Å². The lowest BCUT2D eigenvalue weighted by atomic mass is 10.0. The molecule has 0 atom stereocenters. The Morgan fingerprint density at radius 3 is 2.64 bits per heavy atom. The molecule has 14 heavy (non-hydrogen) atoms. The molecule has 1 aromatic rings. The number of hydrogen-bond acceptors (Lipinski definition) is 2. The summed E-state index contributed by atoms with van der Waals surface area (Å²) in [6.45, 7) is 1.80. The van der Waals surface area contributed by atoms with Gasteiger partial charge in [-0.3, -0.25) is 4.79 Å². The Balaban J connectivity index is 3.41. The first-order valence-corrected chi connectivity index (χ1v) is 4.11. The number of rotatable bonds is 3. The van der Waals surface area contributed by atoms with Crippen LogP contribution in [0.25, 0.3) is 0 Å². The maximum atomic E-state index is 13.2. The SMILES string of the molecule is CCc1cc(C=O)c(F)c(C(=O)O)c1. The van der Waals surface area contributed by atoms with Crippen LogP contribution in [0.3, 0.4) is 0 Å². The lowest BCUT2D eigenvalue weighted by molar-refractivity contribution is 0.0691. The zero-order chi connectivity index (χ0) is 10.7. The maximum absolute atomic E-state index is 13.2. The lowest BCUT2D eigenvalue weighted by Crippen LogP contribution is -2.05. The monoisotopic (exact) mass is 196 g/mol. The Kier molecular flexibility index (Phi) is 2.96. The minimum atomic E-state index is -1.36. The molecule has 0 aliphatic carbocycles. The number of carboxylic acid groups (broad SMARTS) is 1. The van der Waals surface area contributed by atoms with E-state index in [1.54, 1.807) is 6.92 Å². The molecule has 1 aromatic carbocycles. The van der Waals surface area contributed by atoms with E-state index in [0.717, 1.165) is 0 Å².